The van der Waals surface area contributed by atoms with Gasteiger partial charge in [0.25, 0.3) is 0 Å². The third-order valence-corrected chi connectivity index (χ3v) is 3.36. The number of rotatable bonds is 3. The van der Waals surface area contributed by atoms with Gasteiger partial charge in [-0.2, -0.15) is 0 Å². The standard InChI is InChI=1S/C11H21NO/c1-9(2)5-6-12-10-3-4-11(12)8-13-7-10/h9-11H,3-8H2,1-2H3. The Kier molecular flexibility index (Phi) is 2.89. The van der Waals surface area contributed by atoms with Crippen molar-refractivity contribution >= 4 is 0 Å². The first-order valence-electron chi connectivity index (χ1n) is 5.61. The number of nitrogens with zero attached hydrogens (tertiary/aromatic N) is 1. The van der Waals surface area contributed by atoms with Gasteiger partial charge < -0.3 is 4.74 Å². The van der Waals surface area contributed by atoms with E-state index in [1.165, 1.54) is 25.8 Å². The van der Waals surface area contributed by atoms with Crippen LogP contribution in [-0.4, -0.2) is 36.7 Å². The summed E-state index contributed by atoms with van der Waals surface area (Å²) >= 11 is 0. The molecule has 2 nitrogen and oxygen atoms in total. The summed E-state index contributed by atoms with van der Waals surface area (Å²) in [6.45, 7) is 7.87. The number of ether oxygens (including phenoxy) is 1. The molecule has 2 heterocycles. The van der Waals surface area contributed by atoms with Gasteiger partial charge in [-0.25, -0.2) is 0 Å². The average molecular weight is 183 g/mol. The van der Waals surface area contributed by atoms with Gasteiger partial charge in [-0.3, -0.25) is 4.90 Å². The molecule has 0 aliphatic carbocycles. The van der Waals surface area contributed by atoms with Crippen molar-refractivity contribution in [1.29, 1.82) is 0 Å². The first-order chi connectivity index (χ1) is 6.27. The van der Waals surface area contributed by atoms with E-state index >= 15 is 0 Å². The molecule has 0 saturated carbocycles. The third kappa shape index (κ3) is 2.05. The van der Waals surface area contributed by atoms with Crippen molar-refractivity contribution in [3.63, 3.8) is 0 Å². The Balaban J connectivity index is 1.85. The topological polar surface area (TPSA) is 12.5 Å². The van der Waals surface area contributed by atoms with E-state index in [1.54, 1.807) is 0 Å². The number of fused-ring (bicyclic) bond motifs is 2. The highest BCUT2D eigenvalue weighted by Crippen LogP contribution is 2.28. The maximum absolute atomic E-state index is 5.55. The zero-order valence-corrected chi connectivity index (χ0v) is 8.83. The Morgan fingerprint density at radius 1 is 1.23 bits per heavy atom. The molecule has 2 atom stereocenters. The van der Waals surface area contributed by atoms with Crippen LogP contribution < -0.4 is 0 Å². The summed E-state index contributed by atoms with van der Waals surface area (Å²) in [4.78, 5) is 2.68. The van der Waals surface area contributed by atoms with Crippen molar-refractivity contribution in [3.05, 3.63) is 0 Å². The van der Waals surface area contributed by atoms with Crippen LogP contribution in [0.3, 0.4) is 0 Å². The zero-order valence-electron chi connectivity index (χ0n) is 8.83. The Morgan fingerprint density at radius 2 is 1.85 bits per heavy atom. The van der Waals surface area contributed by atoms with Crippen molar-refractivity contribution in [2.24, 2.45) is 5.92 Å². The maximum atomic E-state index is 5.55. The summed E-state index contributed by atoms with van der Waals surface area (Å²) in [5, 5.41) is 0. The predicted molar refractivity (Wildman–Crippen MR) is 53.8 cm³/mol. The molecule has 2 fully saturated rings. The summed E-state index contributed by atoms with van der Waals surface area (Å²) in [6, 6.07) is 1.50. The predicted octanol–water partition coefficient (Wildman–Crippen LogP) is 1.90. The van der Waals surface area contributed by atoms with Crippen molar-refractivity contribution in [2.75, 3.05) is 19.8 Å². The SMILES string of the molecule is CC(C)CCN1C2CCC1COC2. The molecule has 2 rings (SSSR count). The molecule has 0 radical (unpaired) electrons. The minimum absolute atomic E-state index is 0.748. The van der Waals surface area contributed by atoms with E-state index in [4.69, 9.17) is 4.74 Å². The van der Waals surface area contributed by atoms with Crippen LogP contribution >= 0.6 is 0 Å². The molecular weight excluding hydrogens is 162 g/mol. The van der Waals surface area contributed by atoms with Crippen molar-refractivity contribution in [1.82, 2.24) is 4.90 Å². The van der Waals surface area contributed by atoms with Crippen LogP contribution in [0.15, 0.2) is 0 Å². The lowest BCUT2D eigenvalue weighted by atomic mass is 10.1. The summed E-state index contributed by atoms with van der Waals surface area (Å²) in [5.41, 5.74) is 0. The van der Waals surface area contributed by atoms with Gasteiger partial charge in [-0.15, -0.1) is 0 Å². The van der Waals surface area contributed by atoms with E-state index < -0.39 is 0 Å². The van der Waals surface area contributed by atoms with Crippen molar-refractivity contribution < 1.29 is 4.74 Å². The summed E-state index contributed by atoms with van der Waals surface area (Å²) in [6.07, 6.45) is 4.07. The van der Waals surface area contributed by atoms with E-state index in [0.29, 0.717) is 0 Å². The highest BCUT2D eigenvalue weighted by molar-refractivity contribution is 4.90. The molecule has 2 aliphatic heterocycles. The van der Waals surface area contributed by atoms with E-state index in [2.05, 4.69) is 18.7 Å². The summed E-state index contributed by atoms with van der Waals surface area (Å²) < 4.78 is 5.55. The summed E-state index contributed by atoms with van der Waals surface area (Å²) in [5.74, 6) is 0.835. The Hall–Kier alpha value is -0.0800. The Bertz CT molecular complexity index is 153. The molecule has 0 aromatic heterocycles. The summed E-state index contributed by atoms with van der Waals surface area (Å²) in [7, 11) is 0. The molecule has 13 heavy (non-hydrogen) atoms. The lowest BCUT2D eigenvalue weighted by molar-refractivity contribution is -0.0160. The lowest BCUT2D eigenvalue weighted by Gasteiger charge is -2.34. The molecule has 2 saturated heterocycles. The van der Waals surface area contributed by atoms with Crippen LogP contribution in [0.1, 0.15) is 33.1 Å². The van der Waals surface area contributed by atoms with Crippen LogP contribution in [0.4, 0.5) is 0 Å². The van der Waals surface area contributed by atoms with Crippen LogP contribution in [0.2, 0.25) is 0 Å². The highest BCUT2D eigenvalue weighted by Gasteiger charge is 2.36. The quantitative estimate of drug-likeness (QED) is 0.662. The fraction of sp³-hybridized carbons (Fsp3) is 1.00. The van der Waals surface area contributed by atoms with Crippen molar-refractivity contribution in [3.8, 4) is 0 Å². The second kappa shape index (κ2) is 3.97. The molecule has 0 aromatic carbocycles. The third-order valence-electron chi connectivity index (χ3n) is 3.36. The second-order valence-corrected chi connectivity index (χ2v) is 4.84. The number of hydrogen-bond acceptors (Lipinski definition) is 2. The van der Waals surface area contributed by atoms with Crippen LogP contribution in [-0.2, 0) is 4.74 Å². The second-order valence-electron chi connectivity index (χ2n) is 4.84. The van der Waals surface area contributed by atoms with E-state index in [9.17, 15) is 0 Å². The smallest absolute Gasteiger partial charge is 0.0622 e. The van der Waals surface area contributed by atoms with E-state index in [0.717, 1.165) is 31.2 Å². The van der Waals surface area contributed by atoms with Gasteiger partial charge in [-0.1, -0.05) is 13.8 Å². The maximum Gasteiger partial charge on any atom is 0.0622 e. The molecule has 0 amide bonds. The molecule has 2 heteroatoms. The monoisotopic (exact) mass is 183 g/mol. The first kappa shape index (κ1) is 9.47. The van der Waals surface area contributed by atoms with Gasteiger partial charge in [0.15, 0.2) is 0 Å². The molecule has 0 N–H and O–H groups in total. The van der Waals surface area contributed by atoms with Gasteiger partial charge in [-0.05, 0) is 31.7 Å². The first-order valence-corrected chi connectivity index (χ1v) is 5.61. The minimum Gasteiger partial charge on any atom is -0.378 e. The molecule has 2 bridgehead atoms. The van der Waals surface area contributed by atoms with Gasteiger partial charge >= 0.3 is 0 Å². The van der Waals surface area contributed by atoms with Gasteiger partial charge in [0, 0.05) is 12.1 Å². The fourth-order valence-electron chi connectivity index (χ4n) is 2.49. The van der Waals surface area contributed by atoms with E-state index in [-0.39, 0.29) is 0 Å². The highest BCUT2D eigenvalue weighted by atomic mass is 16.5. The molecule has 0 spiro atoms. The van der Waals surface area contributed by atoms with Crippen LogP contribution in [0.5, 0.6) is 0 Å². The zero-order chi connectivity index (χ0) is 9.26. The average Bonchev–Trinajstić information content (AvgIpc) is 2.34. The molecular formula is C11H21NO. The van der Waals surface area contributed by atoms with Gasteiger partial charge in [0.05, 0.1) is 13.2 Å². The molecule has 2 aliphatic rings. The Labute approximate surface area is 81.3 Å². The lowest BCUT2D eigenvalue weighted by Crippen LogP contribution is -2.46. The van der Waals surface area contributed by atoms with Crippen molar-refractivity contribution in [2.45, 2.75) is 45.2 Å². The molecule has 76 valence electrons. The molecule has 2 unspecified atom stereocenters. The van der Waals surface area contributed by atoms with Gasteiger partial charge in [0.2, 0.25) is 0 Å². The number of hydrogen-bond donors (Lipinski definition) is 0. The van der Waals surface area contributed by atoms with Crippen LogP contribution in [0.25, 0.3) is 0 Å². The number of morpholine rings is 1. The minimum atomic E-state index is 0.748. The van der Waals surface area contributed by atoms with Gasteiger partial charge in [0.1, 0.15) is 0 Å². The fourth-order valence-corrected chi connectivity index (χ4v) is 2.49. The normalized spacial score (nSPS) is 34.4. The van der Waals surface area contributed by atoms with Crippen LogP contribution in [0, 0.1) is 5.92 Å². The Morgan fingerprint density at radius 3 is 2.38 bits per heavy atom. The molecule has 0 aromatic rings. The van der Waals surface area contributed by atoms with E-state index in [1.807, 2.05) is 0 Å². The largest absolute Gasteiger partial charge is 0.378 e.